The highest BCUT2D eigenvalue weighted by molar-refractivity contribution is 5.63. The van der Waals surface area contributed by atoms with Crippen LogP contribution >= 0.6 is 0 Å². The molecule has 0 heterocycles. The van der Waals surface area contributed by atoms with Gasteiger partial charge in [-0.3, -0.25) is 0 Å². The molecule has 0 atom stereocenters. The van der Waals surface area contributed by atoms with Gasteiger partial charge in [0.15, 0.2) is 0 Å². The summed E-state index contributed by atoms with van der Waals surface area (Å²) in [6.07, 6.45) is -4.45. The summed E-state index contributed by atoms with van der Waals surface area (Å²) < 4.78 is 36.1. The maximum Gasteiger partial charge on any atom is 0.416 e. The average molecular weight is 190 g/mol. The van der Waals surface area contributed by atoms with Crippen molar-refractivity contribution in [1.29, 1.82) is 0 Å². The van der Waals surface area contributed by atoms with Crippen LogP contribution in [0.15, 0.2) is 23.4 Å². The van der Waals surface area contributed by atoms with E-state index >= 15 is 0 Å². The van der Waals surface area contributed by atoms with Gasteiger partial charge < -0.3 is 5.73 Å². The van der Waals surface area contributed by atoms with Gasteiger partial charge in [0.2, 0.25) is 0 Å². The molecule has 1 aromatic rings. The average Bonchev–Trinajstić information content (AvgIpc) is 2.02. The van der Waals surface area contributed by atoms with Crippen LogP contribution in [0.2, 0.25) is 0 Å². The first kappa shape index (κ1) is 9.50. The van der Waals surface area contributed by atoms with E-state index in [1.807, 2.05) is 0 Å². The second-order valence-electron chi connectivity index (χ2n) is 2.36. The minimum Gasteiger partial charge on any atom is -0.397 e. The second-order valence-corrected chi connectivity index (χ2v) is 2.36. The number of halogens is 3. The normalized spacial score (nSPS) is 11.3. The van der Waals surface area contributed by atoms with Crippen molar-refractivity contribution >= 4 is 11.4 Å². The standard InChI is InChI=1S/C7H5F3N2O/c8-7(9,10)4-1-2-6(12-13)5(11)3-4/h1-3H,11H2. The topological polar surface area (TPSA) is 55.4 Å². The van der Waals surface area contributed by atoms with Crippen LogP contribution in [0.3, 0.4) is 0 Å². The molecule has 0 aliphatic carbocycles. The molecule has 2 N–H and O–H groups in total. The van der Waals surface area contributed by atoms with E-state index in [9.17, 15) is 18.1 Å². The highest BCUT2D eigenvalue weighted by Gasteiger charge is 2.30. The van der Waals surface area contributed by atoms with Crippen molar-refractivity contribution in [3.05, 3.63) is 28.7 Å². The molecule has 0 aromatic heterocycles. The molecule has 3 nitrogen and oxygen atoms in total. The van der Waals surface area contributed by atoms with Gasteiger partial charge in [-0.15, -0.1) is 4.91 Å². The van der Waals surface area contributed by atoms with Gasteiger partial charge in [0.25, 0.3) is 0 Å². The van der Waals surface area contributed by atoms with Gasteiger partial charge in [0, 0.05) is 0 Å². The summed E-state index contributed by atoms with van der Waals surface area (Å²) in [6, 6.07) is 2.37. The first-order chi connectivity index (χ1) is 5.95. The van der Waals surface area contributed by atoms with Crippen LogP contribution in [-0.2, 0) is 6.18 Å². The molecule has 0 aliphatic heterocycles. The Bertz CT molecular complexity index is 335. The molecule has 0 radical (unpaired) electrons. The summed E-state index contributed by atoms with van der Waals surface area (Å²) >= 11 is 0. The molecule has 1 rings (SSSR count). The van der Waals surface area contributed by atoms with E-state index in [2.05, 4.69) is 5.18 Å². The van der Waals surface area contributed by atoms with Crippen molar-refractivity contribution in [2.24, 2.45) is 5.18 Å². The highest BCUT2D eigenvalue weighted by Crippen LogP contribution is 2.33. The number of rotatable bonds is 1. The highest BCUT2D eigenvalue weighted by atomic mass is 19.4. The lowest BCUT2D eigenvalue weighted by Gasteiger charge is -2.07. The predicted octanol–water partition coefficient (Wildman–Crippen LogP) is 2.69. The summed E-state index contributed by atoms with van der Waals surface area (Å²) in [7, 11) is 0. The predicted molar refractivity (Wildman–Crippen MR) is 41.3 cm³/mol. The van der Waals surface area contributed by atoms with E-state index < -0.39 is 11.7 Å². The van der Waals surface area contributed by atoms with Crippen LogP contribution in [0.4, 0.5) is 24.5 Å². The fourth-order valence-corrected chi connectivity index (χ4v) is 0.814. The molecule has 0 saturated heterocycles. The van der Waals surface area contributed by atoms with Gasteiger partial charge in [0.05, 0.1) is 11.3 Å². The quantitative estimate of drug-likeness (QED) is 0.546. The number of nitrogen functional groups attached to an aromatic ring is 1. The monoisotopic (exact) mass is 190 g/mol. The summed E-state index contributed by atoms with van der Waals surface area (Å²) in [5.74, 6) is 0. The van der Waals surface area contributed by atoms with E-state index in [1.54, 1.807) is 0 Å². The third kappa shape index (κ3) is 1.95. The number of hydrogen-bond acceptors (Lipinski definition) is 3. The molecule has 6 heteroatoms. The molecule has 0 bridgehead atoms. The fourth-order valence-electron chi connectivity index (χ4n) is 0.814. The number of nitroso groups, excluding NO2 is 1. The Kier molecular flexibility index (Phi) is 2.22. The fraction of sp³-hybridized carbons (Fsp3) is 0.143. The number of anilines is 1. The molecule has 13 heavy (non-hydrogen) atoms. The van der Waals surface area contributed by atoms with E-state index in [4.69, 9.17) is 5.73 Å². The zero-order valence-corrected chi connectivity index (χ0v) is 6.30. The Labute approximate surface area is 71.3 Å². The molecule has 0 unspecified atom stereocenters. The molecule has 1 aromatic carbocycles. The molecule has 0 fully saturated rings. The van der Waals surface area contributed by atoms with Crippen LogP contribution in [0.25, 0.3) is 0 Å². The van der Waals surface area contributed by atoms with Crippen molar-refractivity contribution in [2.75, 3.05) is 5.73 Å². The van der Waals surface area contributed by atoms with E-state index in [-0.39, 0.29) is 11.4 Å². The lowest BCUT2D eigenvalue weighted by molar-refractivity contribution is -0.137. The van der Waals surface area contributed by atoms with Crippen LogP contribution in [0.5, 0.6) is 0 Å². The SMILES string of the molecule is Nc1cc(C(F)(F)F)ccc1N=O. The third-order valence-corrected chi connectivity index (χ3v) is 1.45. The molecule has 0 aliphatic rings. The minimum atomic E-state index is -4.45. The van der Waals surface area contributed by atoms with Crippen LogP contribution in [0.1, 0.15) is 5.56 Å². The molecule has 0 amide bonds. The Balaban J connectivity index is 3.17. The van der Waals surface area contributed by atoms with E-state index in [0.717, 1.165) is 12.1 Å². The maximum absolute atomic E-state index is 12.0. The summed E-state index contributed by atoms with van der Waals surface area (Å²) in [6.45, 7) is 0. The Morgan fingerprint density at radius 3 is 2.31 bits per heavy atom. The number of benzene rings is 1. The Hall–Kier alpha value is -1.59. The first-order valence-electron chi connectivity index (χ1n) is 3.25. The van der Waals surface area contributed by atoms with E-state index in [1.165, 1.54) is 0 Å². The van der Waals surface area contributed by atoms with Gasteiger partial charge in [0.1, 0.15) is 5.69 Å². The van der Waals surface area contributed by atoms with Crippen LogP contribution in [-0.4, -0.2) is 0 Å². The lowest BCUT2D eigenvalue weighted by atomic mass is 10.2. The largest absolute Gasteiger partial charge is 0.416 e. The van der Waals surface area contributed by atoms with Gasteiger partial charge in [-0.1, -0.05) is 0 Å². The smallest absolute Gasteiger partial charge is 0.397 e. The van der Waals surface area contributed by atoms with E-state index in [0.29, 0.717) is 6.07 Å². The zero-order chi connectivity index (χ0) is 10.1. The minimum absolute atomic E-state index is 0.187. The molecule has 0 saturated carbocycles. The number of nitrogens with two attached hydrogens (primary N) is 1. The number of nitrogens with zero attached hydrogens (tertiary/aromatic N) is 1. The van der Waals surface area contributed by atoms with Crippen molar-refractivity contribution in [3.63, 3.8) is 0 Å². The molecule has 70 valence electrons. The van der Waals surface area contributed by atoms with Crippen molar-refractivity contribution < 1.29 is 13.2 Å². The molecule has 0 spiro atoms. The van der Waals surface area contributed by atoms with Crippen LogP contribution < -0.4 is 5.73 Å². The molecular weight excluding hydrogens is 185 g/mol. The first-order valence-corrected chi connectivity index (χ1v) is 3.25. The summed E-state index contributed by atoms with van der Waals surface area (Å²) in [5.41, 5.74) is 3.78. The molecular formula is C7H5F3N2O. The Morgan fingerprint density at radius 2 is 1.92 bits per heavy atom. The summed E-state index contributed by atoms with van der Waals surface area (Å²) in [5, 5.41) is 2.45. The van der Waals surface area contributed by atoms with Crippen LogP contribution in [0, 0.1) is 4.91 Å². The third-order valence-electron chi connectivity index (χ3n) is 1.45. The van der Waals surface area contributed by atoms with Gasteiger partial charge >= 0.3 is 6.18 Å². The number of alkyl halides is 3. The van der Waals surface area contributed by atoms with Crippen molar-refractivity contribution in [2.45, 2.75) is 6.18 Å². The van der Waals surface area contributed by atoms with Gasteiger partial charge in [-0.2, -0.15) is 13.2 Å². The number of hydrogen-bond donors (Lipinski definition) is 1. The van der Waals surface area contributed by atoms with Crippen molar-refractivity contribution in [3.8, 4) is 0 Å². The lowest BCUT2D eigenvalue weighted by Crippen LogP contribution is -2.05. The maximum atomic E-state index is 12.0. The van der Waals surface area contributed by atoms with Gasteiger partial charge in [-0.25, -0.2) is 0 Å². The summed E-state index contributed by atoms with van der Waals surface area (Å²) in [4.78, 5) is 9.98. The zero-order valence-electron chi connectivity index (χ0n) is 6.30. The Morgan fingerprint density at radius 1 is 1.31 bits per heavy atom. The second kappa shape index (κ2) is 3.04. The van der Waals surface area contributed by atoms with Crippen molar-refractivity contribution in [1.82, 2.24) is 0 Å². The van der Waals surface area contributed by atoms with Gasteiger partial charge in [-0.05, 0) is 23.4 Å².